The van der Waals surface area contributed by atoms with E-state index in [2.05, 4.69) is 5.32 Å². The largest absolute Gasteiger partial charge is 0.386 e. The highest BCUT2D eigenvalue weighted by molar-refractivity contribution is 5.91. The molecule has 0 fully saturated rings. The van der Waals surface area contributed by atoms with Gasteiger partial charge < -0.3 is 10.4 Å². The van der Waals surface area contributed by atoms with Gasteiger partial charge in [-0.3, -0.25) is 4.79 Å². The molecule has 2 unspecified atom stereocenters. The molecular formula is C18H17F2NO2. The number of rotatable bonds is 5. The predicted octanol–water partition coefficient (Wildman–Crippen LogP) is 3.22. The molecule has 0 aliphatic carbocycles. The van der Waals surface area contributed by atoms with Crippen molar-refractivity contribution in [3.8, 4) is 0 Å². The van der Waals surface area contributed by atoms with Gasteiger partial charge in [0, 0.05) is 6.08 Å². The zero-order valence-corrected chi connectivity index (χ0v) is 12.5. The summed E-state index contributed by atoms with van der Waals surface area (Å²) in [5, 5.41) is 12.8. The van der Waals surface area contributed by atoms with Crippen molar-refractivity contribution < 1.29 is 18.7 Å². The van der Waals surface area contributed by atoms with Gasteiger partial charge in [0.05, 0.1) is 12.1 Å². The Morgan fingerprint density at radius 2 is 1.83 bits per heavy atom. The van der Waals surface area contributed by atoms with Crippen LogP contribution >= 0.6 is 0 Å². The topological polar surface area (TPSA) is 49.3 Å². The van der Waals surface area contributed by atoms with Crippen LogP contribution in [0.2, 0.25) is 0 Å². The number of halogens is 2. The van der Waals surface area contributed by atoms with E-state index >= 15 is 0 Å². The maximum Gasteiger partial charge on any atom is 0.244 e. The van der Waals surface area contributed by atoms with Crippen molar-refractivity contribution in [2.75, 3.05) is 0 Å². The monoisotopic (exact) mass is 317 g/mol. The molecule has 2 N–H and O–H groups in total. The van der Waals surface area contributed by atoms with Gasteiger partial charge in [0.15, 0.2) is 0 Å². The Hall–Kier alpha value is -2.53. The van der Waals surface area contributed by atoms with Gasteiger partial charge in [0.25, 0.3) is 0 Å². The molecule has 0 radical (unpaired) electrons. The molecule has 0 aromatic heterocycles. The summed E-state index contributed by atoms with van der Waals surface area (Å²) in [7, 11) is 0. The lowest BCUT2D eigenvalue weighted by molar-refractivity contribution is -0.117. The van der Waals surface area contributed by atoms with E-state index in [1.807, 2.05) is 0 Å². The summed E-state index contributed by atoms with van der Waals surface area (Å²) in [6.45, 7) is 1.64. The fraction of sp³-hybridized carbons (Fsp3) is 0.167. The van der Waals surface area contributed by atoms with E-state index in [1.165, 1.54) is 48.6 Å². The predicted molar refractivity (Wildman–Crippen MR) is 84.4 cm³/mol. The van der Waals surface area contributed by atoms with Crippen molar-refractivity contribution >= 4 is 12.0 Å². The van der Waals surface area contributed by atoms with Crippen LogP contribution in [0.1, 0.15) is 24.2 Å². The Bertz CT molecular complexity index is 698. The zero-order valence-electron chi connectivity index (χ0n) is 12.5. The van der Waals surface area contributed by atoms with Crippen molar-refractivity contribution in [2.45, 2.75) is 19.1 Å². The first-order valence-corrected chi connectivity index (χ1v) is 7.13. The first kappa shape index (κ1) is 16.8. The summed E-state index contributed by atoms with van der Waals surface area (Å²) in [5.41, 5.74) is 1.07. The Morgan fingerprint density at radius 3 is 2.48 bits per heavy atom. The summed E-state index contributed by atoms with van der Waals surface area (Å²) in [5.74, 6) is -1.19. The molecule has 5 heteroatoms. The molecule has 2 aromatic rings. The fourth-order valence-electron chi connectivity index (χ4n) is 2.08. The smallest absolute Gasteiger partial charge is 0.244 e. The molecule has 0 saturated carbocycles. The standard InChI is InChI=1S/C18H17F2NO2/c1-12(18(23)14-6-8-15(19)9-7-14)21-17(22)10-5-13-3-2-4-16(20)11-13/h2-12,18,23H,1H3,(H,21,22)/b10-5+. The molecule has 0 heterocycles. The second kappa shape index (κ2) is 7.65. The Labute approximate surface area is 133 Å². The van der Waals surface area contributed by atoms with E-state index in [4.69, 9.17) is 0 Å². The van der Waals surface area contributed by atoms with Gasteiger partial charge >= 0.3 is 0 Å². The van der Waals surface area contributed by atoms with Crippen LogP contribution in [0.4, 0.5) is 8.78 Å². The van der Waals surface area contributed by atoms with Crippen molar-refractivity contribution in [1.29, 1.82) is 0 Å². The minimum absolute atomic E-state index is 0.382. The van der Waals surface area contributed by atoms with Crippen molar-refractivity contribution in [3.05, 3.63) is 77.4 Å². The molecule has 2 aromatic carbocycles. The fourth-order valence-corrected chi connectivity index (χ4v) is 2.08. The van der Waals surface area contributed by atoms with Crippen LogP contribution in [0.15, 0.2) is 54.6 Å². The number of hydrogen-bond acceptors (Lipinski definition) is 2. The first-order chi connectivity index (χ1) is 11.0. The van der Waals surface area contributed by atoms with Gasteiger partial charge in [-0.05, 0) is 48.4 Å². The molecule has 120 valence electrons. The SMILES string of the molecule is CC(NC(=O)/C=C/c1cccc(F)c1)C(O)c1ccc(F)cc1. The molecule has 0 bridgehead atoms. The van der Waals surface area contributed by atoms with Gasteiger partial charge in [0.2, 0.25) is 5.91 Å². The summed E-state index contributed by atoms with van der Waals surface area (Å²) in [4.78, 5) is 11.8. The molecule has 3 nitrogen and oxygen atoms in total. The number of carbonyl (C=O) groups is 1. The normalized spacial score (nSPS) is 13.7. The second-order valence-electron chi connectivity index (χ2n) is 5.18. The summed E-state index contributed by atoms with van der Waals surface area (Å²) >= 11 is 0. The number of nitrogens with one attached hydrogen (secondary N) is 1. The summed E-state index contributed by atoms with van der Waals surface area (Å²) in [6.07, 6.45) is 1.79. The minimum Gasteiger partial charge on any atom is -0.386 e. The Morgan fingerprint density at radius 1 is 1.13 bits per heavy atom. The lowest BCUT2D eigenvalue weighted by Crippen LogP contribution is -2.36. The summed E-state index contributed by atoms with van der Waals surface area (Å²) in [6, 6.07) is 10.7. The van der Waals surface area contributed by atoms with Crippen LogP contribution < -0.4 is 5.32 Å². The van der Waals surface area contributed by atoms with Crippen LogP contribution in [0.3, 0.4) is 0 Å². The van der Waals surface area contributed by atoms with Crippen molar-refractivity contribution in [2.24, 2.45) is 0 Å². The van der Waals surface area contributed by atoms with Crippen molar-refractivity contribution in [3.63, 3.8) is 0 Å². The molecule has 0 spiro atoms. The number of amides is 1. The van der Waals surface area contributed by atoms with Gasteiger partial charge in [-0.1, -0.05) is 24.3 Å². The van der Waals surface area contributed by atoms with E-state index in [1.54, 1.807) is 19.1 Å². The van der Waals surface area contributed by atoms with E-state index in [-0.39, 0.29) is 5.82 Å². The number of carbonyl (C=O) groups excluding carboxylic acids is 1. The maximum atomic E-state index is 13.0. The third-order valence-electron chi connectivity index (χ3n) is 3.33. The molecule has 2 atom stereocenters. The van der Waals surface area contributed by atoms with Gasteiger partial charge in [-0.15, -0.1) is 0 Å². The number of benzene rings is 2. The average molecular weight is 317 g/mol. The molecule has 0 aliphatic heterocycles. The van der Waals surface area contributed by atoms with E-state index < -0.39 is 23.9 Å². The van der Waals surface area contributed by atoms with E-state index in [0.717, 1.165) is 0 Å². The van der Waals surface area contributed by atoms with E-state index in [9.17, 15) is 18.7 Å². The van der Waals surface area contributed by atoms with E-state index in [0.29, 0.717) is 11.1 Å². The second-order valence-corrected chi connectivity index (χ2v) is 5.18. The quantitative estimate of drug-likeness (QED) is 0.832. The molecule has 23 heavy (non-hydrogen) atoms. The molecule has 0 aliphatic rings. The lowest BCUT2D eigenvalue weighted by atomic mass is 10.0. The average Bonchev–Trinajstić information content (AvgIpc) is 2.53. The molecule has 2 rings (SSSR count). The molecular weight excluding hydrogens is 300 g/mol. The molecule has 0 saturated heterocycles. The zero-order chi connectivity index (χ0) is 16.8. The van der Waals surface area contributed by atoms with Crippen LogP contribution in [-0.2, 0) is 4.79 Å². The Balaban J connectivity index is 1.95. The minimum atomic E-state index is -0.956. The van der Waals surface area contributed by atoms with Crippen LogP contribution in [0, 0.1) is 11.6 Å². The Kier molecular flexibility index (Phi) is 5.60. The maximum absolute atomic E-state index is 13.0. The van der Waals surface area contributed by atoms with Crippen molar-refractivity contribution in [1.82, 2.24) is 5.32 Å². The van der Waals surface area contributed by atoms with Crippen LogP contribution in [0.25, 0.3) is 6.08 Å². The number of aliphatic hydroxyl groups excluding tert-OH is 1. The highest BCUT2D eigenvalue weighted by atomic mass is 19.1. The van der Waals surface area contributed by atoms with Crippen LogP contribution in [0.5, 0.6) is 0 Å². The first-order valence-electron chi connectivity index (χ1n) is 7.13. The lowest BCUT2D eigenvalue weighted by Gasteiger charge is -2.19. The molecule has 1 amide bonds. The van der Waals surface area contributed by atoms with Gasteiger partial charge in [0.1, 0.15) is 11.6 Å². The van der Waals surface area contributed by atoms with Gasteiger partial charge in [-0.2, -0.15) is 0 Å². The van der Waals surface area contributed by atoms with Gasteiger partial charge in [-0.25, -0.2) is 8.78 Å². The highest BCUT2D eigenvalue weighted by Gasteiger charge is 2.17. The summed E-state index contributed by atoms with van der Waals surface area (Å²) < 4.78 is 25.9. The van der Waals surface area contributed by atoms with Crippen LogP contribution in [-0.4, -0.2) is 17.1 Å². The number of hydrogen-bond donors (Lipinski definition) is 2. The third-order valence-corrected chi connectivity index (χ3v) is 3.33. The third kappa shape index (κ3) is 5.00. The number of aliphatic hydroxyl groups is 1. The highest BCUT2D eigenvalue weighted by Crippen LogP contribution is 2.17.